The normalized spacial score (nSPS) is 11.5. The minimum Gasteiger partial charge on any atom is -0.326 e. The molecule has 0 radical (unpaired) electrons. The number of nitrogens with one attached hydrogen (secondary N) is 3. The maximum atomic E-state index is 12.0. The Labute approximate surface area is 114 Å². The van der Waals surface area contributed by atoms with Crippen LogP contribution in [0.25, 0.3) is 0 Å². The molecule has 0 aliphatic carbocycles. The zero-order valence-electron chi connectivity index (χ0n) is 9.90. The molecule has 0 aromatic carbocycles. The summed E-state index contributed by atoms with van der Waals surface area (Å²) in [7, 11) is -3.83. The molecule has 0 saturated heterocycles. The van der Waals surface area contributed by atoms with Crippen molar-refractivity contribution in [3.8, 4) is 0 Å². The predicted octanol–water partition coefficient (Wildman–Crippen LogP) is 1.11. The van der Waals surface area contributed by atoms with Crippen molar-refractivity contribution in [1.82, 2.24) is 15.2 Å². The molecule has 0 aliphatic rings. The molecule has 2 aromatic rings. The van der Waals surface area contributed by atoms with E-state index in [1.165, 1.54) is 0 Å². The summed E-state index contributed by atoms with van der Waals surface area (Å²) < 4.78 is 26.3. The van der Waals surface area contributed by atoms with Crippen LogP contribution in [-0.4, -0.2) is 23.6 Å². The summed E-state index contributed by atoms with van der Waals surface area (Å²) >= 11 is 5.59. The number of rotatable bonds is 4. The molecule has 0 bridgehead atoms. The van der Waals surface area contributed by atoms with E-state index >= 15 is 0 Å². The van der Waals surface area contributed by atoms with Crippen LogP contribution in [0.5, 0.6) is 0 Å². The average molecular weight is 303 g/mol. The topological polar surface area (TPSA) is 108 Å². The van der Waals surface area contributed by atoms with Gasteiger partial charge in [-0.25, -0.2) is 8.42 Å². The van der Waals surface area contributed by atoms with Crippen molar-refractivity contribution in [3.63, 3.8) is 0 Å². The minimum atomic E-state index is -3.83. The van der Waals surface area contributed by atoms with E-state index in [2.05, 4.69) is 19.9 Å². The molecule has 0 saturated carbocycles. The summed E-state index contributed by atoms with van der Waals surface area (Å²) in [6, 6.07) is 2.67. The van der Waals surface area contributed by atoms with Gasteiger partial charge in [-0.2, -0.15) is 5.10 Å². The molecular formula is C10H11ClN4O3S. The summed E-state index contributed by atoms with van der Waals surface area (Å²) in [5, 5.41) is 6.31. The highest BCUT2D eigenvalue weighted by atomic mass is 35.5. The van der Waals surface area contributed by atoms with E-state index in [4.69, 9.17) is 11.6 Å². The molecule has 102 valence electrons. The van der Waals surface area contributed by atoms with E-state index in [0.717, 1.165) is 18.0 Å². The van der Waals surface area contributed by atoms with E-state index in [0.29, 0.717) is 6.42 Å². The highest BCUT2D eigenvalue weighted by molar-refractivity contribution is 7.92. The van der Waals surface area contributed by atoms with Gasteiger partial charge in [0.15, 0.2) is 5.82 Å². The molecule has 0 amide bonds. The maximum absolute atomic E-state index is 12.0. The Bertz CT molecular complexity index is 750. The Morgan fingerprint density at radius 2 is 2.16 bits per heavy atom. The van der Waals surface area contributed by atoms with Gasteiger partial charge in [0.1, 0.15) is 9.92 Å². The van der Waals surface area contributed by atoms with Crippen LogP contribution in [0.15, 0.2) is 28.0 Å². The third-order valence-electron chi connectivity index (χ3n) is 2.39. The third-order valence-corrected chi connectivity index (χ3v) is 4.01. The first-order valence-electron chi connectivity index (χ1n) is 5.37. The van der Waals surface area contributed by atoms with E-state index in [9.17, 15) is 13.2 Å². The van der Waals surface area contributed by atoms with Crippen LogP contribution in [0, 0.1) is 0 Å². The highest BCUT2D eigenvalue weighted by Gasteiger charge is 2.17. The second-order valence-corrected chi connectivity index (χ2v) is 5.84. The van der Waals surface area contributed by atoms with Crippen molar-refractivity contribution >= 4 is 27.4 Å². The number of halogens is 1. The Balaban J connectivity index is 2.31. The number of pyridine rings is 1. The fourth-order valence-electron chi connectivity index (χ4n) is 1.38. The van der Waals surface area contributed by atoms with Gasteiger partial charge in [-0.15, -0.1) is 0 Å². The lowest BCUT2D eigenvalue weighted by Gasteiger charge is -2.04. The first-order valence-corrected chi connectivity index (χ1v) is 7.24. The van der Waals surface area contributed by atoms with Gasteiger partial charge in [0.25, 0.3) is 15.6 Å². The van der Waals surface area contributed by atoms with E-state index in [1.54, 1.807) is 6.07 Å². The first-order chi connectivity index (χ1) is 8.92. The van der Waals surface area contributed by atoms with Crippen molar-refractivity contribution in [2.24, 2.45) is 0 Å². The minimum absolute atomic E-state index is 0.141. The van der Waals surface area contributed by atoms with Crippen molar-refractivity contribution in [2.45, 2.75) is 18.2 Å². The molecule has 7 nitrogen and oxygen atoms in total. The van der Waals surface area contributed by atoms with Crippen molar-refractivity contribution in [2.75, 3.05) is 4.72 Å². The van der Waals surface area contributed by atoms with Gasteiger partial charge in [0, 0.05) is 18.0 Å². The second kappa shape index (κ2) is 5.06. The Hall–Kier alpha value is -1.80. The summed E-state index contributed by atoms with van der Waals surface area (Å²) in [6.45, 7) is 1.91. The SMILES string of the molecule is CCc1cc(NS(=O)(=O)c2c[nH]c(=O)c(Cl)c2)n[nH]1. The van der Waals surface area contributed by atoms with Crippen molar-refractivity contribution < 1.29 is 8.42 Å². The van der Waals surface area contributed by atoms with Crippen molar-refractivity contribution in [1.29, 1.82) is 0 Å². The molecule has 2 heterocycles. The number of nitrogens with zero attached hydrogens (tertiary/aromatic N) is 1. The van der Waals surface area contributed by atoms with Crippen LogP contribution >= 0.6 is 11.6 Å². The highest BCUT2D eigenvalue weighted by Crippen LogP contribution is 2.15. The number of hydrogen-bond acceptors (Lipinski definition) is 4. The molecule has 9 heteroatoms. The van der Waals surface area contributed by atoms with Crippen LogP contribution in [0.3, 0.4) is 0 Å². The van der Waals surface area contributed by atoms with E-state index < -0.39 is 15.6 Å². The van der Waals surface area contributed by atoms with Gasteiger partial charge in [0.2, 0.25) is 0 Å². The summed E-state index contributed by atoms with van der Waals surface area (Å²) in [6.07, 6.45) is 1.78. The molecule has 0 aliphatic heterocycles. The molecule has 0 fully saturated rings. The van der Waals surface area contributed by atoms with Gasteiger partial charge >= 0.3 is 0 Å². The quantitative estimate of drug-likeness (QED) is 0.786. The standard InChI is InChI=1S/C10H11ClN4O3S/c1-2-6-3-9(14-13-6)15-19(17,18)7-4-8(11)10(16)12-5-7/h3-5H,2H2,1H3,(H,12,16)(H2,13,14,15). The smallest absolute Gasteiger partial charge is 0.266 e. The van der Waals surface area contributed by atoms with Crippen LogP contribution in [0.4, 0.5) is 5.82 Å². The van der Waals surface area contributed by atoms with Crippen LogP contribution < -0.4 is 10.3 Å². The average Bonchev–Trinajstić information content (AvgIpc) is 2.79. The number of aromatic amines is 2. The summed E-state index contributed by atoms with van der Waals surface area (Å²) in [5.74, 6) is 0.180. The third kappa shape index (κ3) is 2.96. The fourth-order valence-corrected chi connectivity index (χ4v) is 2.61. The van der Waals surface area contributed by atoms with Crippen molar-refractivity contribution in [3.05, 3.63) is 39.4 Å². The first kappa shape index (κ1) is 13.6. The monoisotopic (exact) mass is 302 g/mol. The number of H-pyrrole nitrogens is 2. The number of aromatic nitrogens is 3. The molecule has 3 N–H and O–H groups in total. The van der Waals surface area contributed by atoms with E-state index in [1.807, 2.05) is 6.92 Å². The lowest BCUT2D eigenvalue weighted by atomic mass is 10.3. The van der Waals surface area contributed by atoms with Gasteiger partial charge in [-0.05, 0) is 12.5 Å². The van der Waals surface area contributed by atoms with Gasteiger partial charge in [0.05, 0.1) is 0 Å². The lowest BCUT2D eigenvalue weighted by Crippen LogP contribution is -2.16. The van der Waals surface area contributed by atoms with E-state index in [-0.39, 0.29) is 15.7 Å². The molecule has 2 rings (SSSR count). The zero-order valence-corrected chi connectivity index (χ0v) is 11.5. The van der Waals surface area contributed by atoms with Gasteiger partial charge in [-0.3, -0.25) is 14.6 Å². The Kier molecular flexibility index (Phi) is 3.63. The van der Waals surface area contributed by atoms with Gasteiger partial charge < -0.3 is 4.98 Å². The van der Waals surface area contributed by atoms with Gasteiger partial charge in [-0.1, -0.05) is 18.5 Å². The molecule has 0 unspecified atom stereocenters. The molecular weight excluding hydrogens is 292 g/mol. The predicted molar refractivity (Wildman–Crippen MR) is 70.8 cm³/mol. The number of hydrogen-bond donors (Lipinski definition) is 3. The second-order valence-electron chi connectivity index (χ2n) is 3.75. The van der Waals surface area contributed by atoms with Crippen LogP contribution in [0.2, 0.25) is 5.02 Å². The lowest BCUT2D eigenvalue weighted by molar-refractivity contribution is 0.600. The molecule has 19 heavy (non-hydrogen) atoms. The molecule has 0 spiro atoms. The van der Waals surface area contributed by atoms with Crippen LogP contribution in [0.1, 0.15) is 12.6 Å². The molecule has 0 atom stereocenters. The Morgan fingerprint density at radius 3 is 2.74 bits per heavy atom. The zero-order chi connectivity index (χ0) is 14.0. The summed E-state index contributed by atoms with van der Waals surface area (Å²) in [5.41, 5.74) is 0.255. The number of aryl methyl sites for hydroxylation is 1. The number of anilines is 1. The molecule has 2 aromatic heterocycles. The number of sulfonamides is 1. The summed E-state index contributed by atoms with van der Waals surface area (Å²) in [4.78, 5) is 13.2. The maximum Gasteiger partial charge on any atom is 0.266 e. The largest absolute Gasteiger partial charge is 0.326 e. The fraction of sp³-hybridized carbons (Fsp3) is 0.200. The van der Waals surface area contributed by atoms with Crippen LogP contribution in [-0.2, 0) is 16.4 Å². The Morgan fingerprint density at radius 1 is 1.42 bits per heavy atom.